The zero-order chi connectivity index (χ0) is 12.6. The molecule has 96 valence electrons. The minimum Gasteiger partial charge on any atom is -0.306 e. The molecule has 0 aromatic carbocycles. The van der Waals surface area contributed by atoms with Gasteiger partial charge in [0.25, 0.3) is 0 Å². The van der Waals surface area contributed by atoms with Gasteiger partial charge >= 0.3 is 0 Å². The second-order valence-corrected chi connectivity index (χ2v) is 11.2. The molecule has 1 saturated carbocycles. The summed E-state index contributed by atoms with van der Waals surface area (Å²) in [6, 6.07) is 0.476. The van der Waals surface area contributed by atoms with Crippen LogP contribution in [0.25, 0.3) is 0 Å². The van der Waals surface area contributed by atoms with Crippen LogP contribution in [0, 0.1) is 0 Å². The van der Waals surface area contributed by atoms with E-state index >= 15 is 0 Å². The maximum absolute atomic E-state index is 13.3. The van der Waals surface area contributed by atoms with Gasteiger partial charge in [0, 0.05) is 16.4 Å². The fraction of sp³-hybridized carbons (Fsp3) is 1.00. The van der Waals surface area contributed by atoms with Crippen LogP contribution >= 0.6 is 7.29 Å². The summed E-state index contributed by atoms with van der Waals surface area (Å²) in [5.41, 5.74) is 0. The minimum atomic E-state index is -2.39. The molecule has 2 nitrogen and oxygen atoms in total. The largest absolute Gasteiger partial charge is 0.306 e. The van der Waals surface area contributed by atoms with Crippen LogP contribution in [-0.2, 0) is 4.57 Å². The average Bonchev–Trinajstić information content (AvgIpc) is 2.52. The van der Waals surface area contributed by atoms with Gasteiger partial charge < -0.3 is 4.57 Å². The third kappa shape index (κ3) is 2.71. The zero-order valence-corrected chi connectivity index (χ0v) is 12.7. The lowest BCUT2D eigenvalue weighted by atomic mass is 10.2. The molecule has 16 heavy (non-hydrogen) atoms. The topological polar surface area (TPSA) is 29.1 Å². The van der Waals surface area contributed by atoms with E-state index in [4.69, 9.17) is 0 Å². The predicted molar refractivity (Wildman–Crippen MR) is 72.5 cm³/mol. The molecule has 1 fully saturated rings. The Hall–Kier alpha value is 0.190. The summed E-state index contributed by atoms with van der Waals surface area (Å²) in [6.45, 7) is 12.6. The number of hydrogen-bond donors (Lipinski definition) is 1. The van der Waals surface area contributed by atoms with Gasteiger partial charge in [0.15, 0.2) is 7.29 Å². The molecule has 0 bridgehead atoms. The molecule has 1 aliphatic carbocycles. The first-order valence-electron chi connectivity index (χ1n) is 6.46. The highest BCUT2D eigenvalue weighted by Gasteiger charge is 2.47. The summed E-state index contributed by atoms with van der Waals surface area (Å²) in [5, 5.41) is 3.21. The minimum absolute atomic E-state index is 0.159. The molecule has 0 amide bonds. The Labute approximate surface area is 101 Å². The van der Waals surface area contributed by atoms with E-state index in [1.807, 2.05) is 0 Å². The molecule has 0 aromatic rings. The van der Waals surface area contributed by atoms with E-state index in [-0.39, 0.29) is 10.3 Å². The fourth-order valence-corrected chi connectivity index (χ4v) is 6.27. The molecular weight excluding hydrogens is 217 g/mol. The quantitative estimate of drug-likeness (QED) is 0.731. The first-order valence-corrected chi connectivity index (χ1v) is 8.17. The standard InChI is InChI=1S/C13H28NOP/c1-12(2,3)16(15,13(4,5)6)14-11-9-7-8-10-11/h11H,7-10H2,1-6H3,(H,14,15). The normalized spacial score (nSPS) is 20.4. The highest BCUT2D eigenvalue weighted by atomic mass is 31.2. The Bertz CT molecular complexity index is 261. The van der Waals surface area contributed by atoms with Gasteiger partial charge in [-0.05, 0) is 12.8 Å². The molecule has 0 heterocycles. The van der Waals surface area contributed by atoms with Crippen molar-refractivity contribution >= 4 is 7.29 Å². The van der Waals surface area contributed by atoms with Crippen LogP contribution in [-0.4, -0.2) is 16.4 Å². The third-order valence-corrected chi connectivity index (χ3v) is 8.12. The Balaban J connectivity index is 2.92. The maximum Gasteiger partial charge on any atom is 0.158 e. The lowest BCUT2D eigenvalue weighted by Gasteiger charge is -2.43. The second-order valence-electron chi connectivity index (χ2n) is 7.06. The van der Waals surface area contributed by atoms with Crippen molar-refractivity contribution < 1.29 is 4.57 Å². The molecule has 0 aliphatic heterocycles. The van der Waals surface area contributed by atoms with Crippen LogP contribution in [0.4, 0.5) is 0 Å². The molecule has 1 N–H and O–H groups in total. The third-order valence-electron chi connectivity index (χ3n) is 3.61. The van der Waals surface area contributed by atoms with Crippen LogP contribution in [0.2, 0.25) is 0 Å². The van der Waals surface area contributed by atoms with E-state index in [0.717, 1.165) is 0 Å². The van der Waals surface area contributed by atoms with E-state index in [2.05, 4.69) is 46.6 Å². The molecule has 0 aromatic heterocycles. The van der Waals surface area contributed by atoms with Gasteiger partial charge in [-0.25, -0.2) is 0 Å². The first-order chi connectivity index (χ1) is 7.08. The van der Waals surface area contributed by atoms with Gasteiger partial charge in [-0.1, -0.05) is 54.4 Å². The molecule has 0 saturated heterocycles. The van der Waals surface area contributed by atoms with Crippen LogP contribution in [0.3, 0.4) is 0 Å². The molecule has 0 spiro atoms. The van der Waals surface area contributed by atoms with Crippen LogP contribution in [0.15, 0.2) is 0 Å². The average molecular weight is 245 g/mol. The zero-order valence-electron chi connectivity index (χ0n) is 11.8. The van der Waals surface area contributed by atoms with E-state index in [0.29, 0.717) is 6.04 Å². The fourth-order valence-electron chi connectivity index (χ4n) is 2.71. The molecule has 1 aliphatic rings. The van der Waals surface area contributed by atoms with Crippen molar-refractivity contribution in [3.8, 4) is 0 Å². The van der Waals surface area contributed by atoms with Gasteiger partial charge in [0.2, 0.25) is 0 Å². The van der Waals surface area contributed by atoms with Crippen molar-refractivity contribution in [2.45, 2.75) is 83.6 Å². The van der Waals surface area contributed by atoms with Crippen molar-refractivity contribution in [1.29, 1.82) is 0 Å². The van der Waals surface area contributed by atoms with Gasteiger partial charge in [0.05, 0.1) is 0 Å². The van der Waals surface area contributed by atoms with Gasteiger partial charge in [-0.3, -0.25) is 5.09 Å². The highest BCUT2D eigenvalue weighted by Crippen LogP contribution is 2.64. The van der Waals surface area contributed by atoms with Crippen molar-refractivity contribution in [3.63, 3.8) is 0 Å². The monoisotopic (exact) mass is 245 g/mol. The summed E-state index contributed by atoms with van der Waals surface area (Å²) in [5.74, 6) is 0. The summed E-state index contributed by atoms with van der Waals surface area (Å²) in [4.78, 5) is 0. The van der Waals surface area contributed by atoms with Crippen molar-refractivity contribution in [3.05, 3.63) is 0 Å². The van der Waals surface area contributed by atoms with E-state index in [1.165, 1.54) is 25.7 Å². The summed E-state index contributed by atoms with van der Waals surface area (Å²) in [7, 11) is -2.39. The first kappa shape index (κ1) is 14.3. The summed E-state index contributed by atoms with van der Waals surface area (Å²) in [6.07, 6.45) is 4.95. The predicted octanol–water partition coefficient (Wildman–Crippen LogP) is 4.39. The molecule has 0 atom stereocenters. The van der Waals surface area contributed by atoms with Crippen LogP contribution < -0.4 is 5.09 Å². The Morgan fingerprint density at radius 3 is 1.62 bits per heavy atom. The maximum atomic E-state index is 13.3. The molecular formula is C13H28NOP. The SMILES string of the molecule is CC(C)(C)P(=O)(NC1CCCC1)C(C)(C)C. The summed E-state index contributed by atoms with van der Waals surface area (Å²) >= 11 is 0. The molecule has 0 unspecified atom stereocenters. The van der Waals surface area contributed by atoms with Crippen LogP contribution in [0.1, 0.15) is 67.2 Å². The van der Waals surface area contributed by atoms with E-state index in [1.54, 1.807) is 0 Å². The van der Waals surface area contributed by atoms with Gasteiger partial charge in [-0.2, -0.15) is 0 Å². The van der Waals surface area contributed by atoms with Crippen molar-refractivity contribution in [2.24, 2.45) is 0 Å². The lowest BCUT2D eigenvalue weighted by molar-refractivity contribution is 0.485. The highest BCUT2D eigenvalue weighted by molar-refractivity contribution is 7.65. The van der Waals surface area contributed by atoms with E-state index in [9.17, 15) is 4.57 Å². The summed E-state index contributed by atoms with van der Waals surface area (Å²) < 4.78 is 13.3. The second kappa shape index (κ2) is 4.46. The molecule has 3 heteroatoms. The van der Waals surface area contributed by atoms with Gasteiger partial charge in [0.1, 0.15) is 0 Å². The van der Waals surface area contributed by atoms with E-state index < -0.39 is 7.29 Å². The van der Waals surface area contributed by atoms with Crippen LogP contribution in [0.5, 0.6) is 0 Å². The van der Waals surface area contributed by atoms with Crippen molar-refractivity contribution in [1.82, 2.24) is 5.09 Å². The smallest absolute Gasteiger partial charge is 0.158 e. The number of hydrogen-bond acceptors (Lipinski definition) is 1. The molecule has 1 rings (SSSR count). The Morgan fingerprint density at radius 2 is 1.31 bits per heavy atom. The lowest BCUT2D eigenvalue weighted by Crippen LogP contribution is -2.40. The Kier molecular flexibility index (Phi) is 3.97. The van der Waals surface area contributed by atoms with Crippen molar-refractivity contribution in [2.75, 3.05) is 0 Å². The van der Waals surface area contributed by atoms with Gasteiger partial charge in [-0.15, -0.1) is 0 Å². The Morgan fingerprint density at radius 1 is 0.938 bits per heavy atom. The number of nitrogens with one attached hydrogen (secondary N) is 1. The molecule has 0 radical (unpaired) electrons. The number of rotatable bonds is 2.